The summed E-state index contributed by atoms with van der Waals surface area (Å²) < 4.78 is 5.50. The smallest absolute Gasteiger partial charge is 0.179 e. The number of hydrogen-bond donors (Lipinski definition) is 1. The average Bonchev–Trinajstić information content (AvgIpc) is 2.34. The van der Waals surface area contributed by atoms with Gasteiger partial charge in [0.25, 0.3) is 0 Å². The largest absolute Gasteiger partial charge is 0.494 e. The van der Waals surface area contributed by atoms with Crippen LogP contribution in [0.25, 0.3) is 0 Å². The zero-order chi connectivity index (χ0) is 14.5. The van der Waals surface area contributed by atoms with Crippen molar-refractivity contribution in [3.8, 4) is 5.75 Å². The SMILES string of the molecule is CCCOc1ccc(C(=O)C(C)NC(C)(C)C)cc1. The lowest BCUT2D eigenvalue weighted by Crippen LogP contribution is -2.46. The van der Waals surface area contributed by atoms with Crippen LogP contribution in [0.2, 0.25) is 0 Å². The standard InChI is InChI=1S/C16H25NO2/c1-6-11-19-14-9-7-13(8-10-14)15(18)12(2)17-16(3,4)5/h7-10,12,17H,6,11H2,1-5H3. The fourth-order valence-corrected chi connectivity index (χ4v) is 1.90. The van der Waals surface area contributed by atoms with Crippen molar-refractivity contribution in [1.82, 2.24) is 5.32 Å². The average molecular weight is 263 g/mol. The fraction of sp³-hybridized carbons (Fsp3) is 0.562. The number of hydrogen-bond acceptors (Lipinski definition) is 3. The van der Waals surface area contributed by atoms with E-state index in [1.807, 2.05) is 31.2 Å². The molecule has 0 aliphatic carbocycles. The number of carbonyl (C=O) groups is 1. The van der Waals surface area contributed by atoms with Gasteiger partial charge in [-0.05, 0) is 58.4 Å². The summed E-state index contributed by atoms with van der Waals surface area (Å²) in [5, 5.41) is 3.29. The molecule has 0 aromatic heterocycles. The maximum atomic E-state index is 12.2. The van der Waals surface area contributed by atoms with Crippen LogP contribution in [0, 0.1) is 0 Å². The highest BCUT2D eigenvalue weighted by atomic mass is 16.5. The molecule has 0 heterocycles. The van der Waals surface area contributed by atoms with Gasteiger partial charge < -0.3 is 10.1 Å². The molecule has 19 heavy (non-hydrogen) atoms. The summed E-state index contributed by atoms with van der Waals surface area (Å²) >= 11 is 0. The maximum absolute atomic E-state index is 12.2. The second-order valence-corrected chi connectivity index (χ2v) is 5.85. The monoisotopic (exact) mass is 263 g/mol. The molecule has 3 nitrogen and oxygen atoms in total. The predicted molar refractivity (Wildman–Crippen MR) is 78.9 cm³/mol. The van der Waals surface area contributed by atoms with Gasteiger partial charge in [0, 0.05) is 11.1 Å². The van der Waals surface area contributed by atoms with E-state index in [0.717, 1.165) is 12.2 Å². The van der Waals surface area contributed by atoms with Gasteiger partial charge in [0.1, 0.15) is 5.75 Å². The number of nitrogens with one attached hydrogen (secondary N) is 1. The van der Waals surface area contributed by atoms with Gasteiger partial charge in [0.15, 0.2) is 5.78 Å². The molecule has 0 aliphatic rings. The Balaban J connectivity index is 2.67. The Morgan fingerprint density at radius 1 is 1.26 bits per heavy atom. The number of Topliss-reactive ketones (excluding diaryl/α,β-unsaturated/α-hetero) is 1. The third-order valence-corrected chi connectivity index (χ3v) is 2.65. The Kier molecular flexibility index (Phi) is 5.55. The molecule has 1 unspecified atom stereocenters. The van der Waals surface area contributed by atoms with Crippen LogP contribution in [0.5, 0.6) is 5.75 Å². The summed E-state index contributed by atoms with van der Waals surface area (Å²) in [5.41, 5.74) is 0.646. The summed E-state index contributed by atoms with van der Waals surface area (Å²) in [7, 11) is 0. The van der Waals surface area contributed by atoms with Gasteiger partial charge in [-0.25, -0.2) is 0 Å². The molecular formula is C16H25NO2. The zero-order valence-corrected chi connectivity index (χ0v) is 12.6. The van der Waals surface area contributed by atoms with E-state index < -0.39 is 0 Å². The Morgan fingerprint density at radius 3 is 2.32 bits per heavy atom. The van der Waals surface area contributed by atoms with Crippen LogP contribution < -0.4 is 10.1 Å². The molecular weight excluding hydrogens is 238 g/mol. The summed E-state index contributed by atoms with van der Waals surface area (Å²) in [4.78, 5) is 12.2. The molecule has 0 radical (unpaired) electrons. The van der Waals surface area contributed by atoms with Gasteiger partial charge >= 0.3 is 0 Å². The molecule has 3 heteroatoms. The van der Waals surface area contributed by atoms with Crippen molar-refractivity contribution in [3.05, 3.63) is 29.8 Å². The zero-order valence-electron chi connectivity index (χ0n) is 12.6. The first-order chi connectivity index (χ1) is 8.83. The molecule has 0 bridgehead atoms. The van der Waals surface area contributed by atoms with Gasteiger partial charge in [-0.15, -0.1) is 0 Å². The highest BCUT2D eigenvalue weighted by Gasteiger charge is 2.20. The Hall–Kier alpha value is -1.35. The van der Waals surface area contributed by atoms with E-state index in [9.17, 15) is 4.79 Å². The van der Waals surface area contributed by atoms with Crippen molar-refractivity contribution < 1.29 is 9.53 Å². The third-order valence-electron chi connectivity index (χ3n) is 2.65. The van der Waals surface area contributed by atoms with Gasteiger partial charge in [-0.2, -0.15) is 0 Å². The highest BCUT2D eigenvalue weighted by Crippen LogP contribution is 2.14. The first-order valence-electron chi connectivity index (χ1n) is 6.88. The fourth-order valence-electron chi connectivity index (χ4n) is 1.90. The molecule has 106 valence electrons. The van der Waals surface area contributed by atoms with E-state index in [4.69, 9.17) is 4.74 Å². The molecule has 1 aromatic rings. The Morgan fingerprint density at radius 2 is 1.84 bits per heavy atom. The molecule has 0 saturated heterocycles. The van der Waals surface area contributed by atoms with E-state index in [2.05, 4.69) is 33.0 Å². The van der Waals surface area contributed by atoms with E-state index in [-0.39, 0.29) is 17.4 Å². The van der Waals surface area contributed by atoms with Crippen LogP contribution in [-0.4, -0.2) is 24.0 Å². The number of ether oxygens (including phenoxy) is 1. The van der Waals surface area contributed by atoms with Crippen LogP contribution in [0.15, 0.2) is 24.3 Å². The van der Waals surface area contributed by atoms with Crippen molar-refractivity contribution in [3.63, 3.8) is 0 Å². The number of rotatable bonds is 6. The minimum Gasteiger partial charge on any atom is -0.494 e. The van der Waals surface area contributed by atoms with Crippen LogP contribution in [0.1, 0.15) is 51.4 Å². The van der Waals surface area contributed by atoms with Crippen molar-refractivity contribution in [2.45, 2.75) is 52.6 Å². The molecule has 1 N–H and O–H groups in total. The quantitative estimate of drug-likeness (QED) is 0.799. The first kappa shape index (κ1) is 15.7. The van der Waals surface area contributed by atoms with Gasteiger partial charge in [0.2, 0.25) is 0 Å². The lowest BCUT2D eigenvalue weighted by atomic mass is 10.0. The third kappa shape index (κ3) is 5.43. The van der Waals surface area contributed by atoms with Crippen LogP contribution in [0.4, 0.5) is 0 Å². The van der Waals surface area contributed by atoms with Crippen LogP contribution in [0.3, 0.4) is 0 Å². The van der Waals surface area contributed by atoms with Crippen molar-refractivity contribution in [1.29, 1.82) is 0 Å². The Bertz CT molecular complexity index is 404. The highest BCUT2D eigenvalue weighted by molar-refractivity contribution is 6.00. The van der Waals surface area contributed by atoms with Gasteiger partial charge in [-0.1, -0.05) is 6.92 Å². The van der Waals surface area contributed by atoms with Gasteiger partial charge in [-0.3, -0.25) is 4.79 Å². The maximum Gasteiger partial charge on any atom is 0.179 e. The van der Waals surface area contributed by atoms with Crippen molar-refractivity contribution >= 4 is 5.78 Å². The summed E-state index contributed by atoms with van der Waals surface area (Å²) in [6.45, 7) is 10.8. The first-order valence-corrected chi connectivity index (χ1v) is 6.88. The van der Waals surface area contributed by atoms with Crippen molar-refractivity contribution in [2.24, 2.45) is 0 Å². The van der Waals surface area contributed by atoms with Crippen molar-refractivity contribution in [2.75, 3.05) is 6.61 Å². The molecule has 0 spiro atoms. The lowest BCUT2D eigenvalue weighted by molar-refractivity contribution is 0.0935. The topological polar surface area (TPSA) is 38.3 Å². The van der Waals surface area contributed by atoms with E-state index in [1.54, 1.807) is 0 Å². The van der Waals surface area contributed by atoms with Crippen LogP contribution >= 0.6 is 0 Å². The molecule has 0 aliphatic heterocycles. The van der Waals surface area contributed by atoms with E-state index >= 15 is 0 Å². The summed E-state index contributed by atoms with van der Waals surface area (Å²) in [6, 6.07) is 7.17. The molecule has 1 rings (SSSR count). The second-order valence-electron chi connectivity index (χ2n) is 5.85. The minimum atomic E-state index is -0.192. The molecule has 0 amide bonds. The minimum absolute atomic E-state index is 0.0702. The summed E-state index contributed by atoms with van der Waals surface area (Å²) in [6.07, 6.45) is 0.979. The number of ketones is 1. The van der Waals surface area contributed by atoms with Gasteiger partial charge in [0.05, 0.1) is 12.6 Å². The molecule has 1 aromatic carbocycles. The number of benzene rings is 1. The second kappa shape index (κ2) is 6.71. The van der Waals surface area contributed by atoms with Crippen LogP contribution in [-0.2, 0) is 0 Å². The normalized spacial score (nSPS) is 13.1. The lowest BCUT2D eigenvalue weighted by Gasteiger charge is -2.25. The summed E-state index contributed by atoms with van der Waals surface area (Å²) in [5.74, 6) is 0.923. The van der Waals surface area contributed by atoms with E-state index in [1.165, 1.54) is 0 Å². The Labute approximate surface area is 116 Å². The predicted octanol–water partition coefficient (Wildman–Crippen LogP) is 3.43. The number of carbonyl (C=O) groups excluding carboxylic acids is 1. The molecule has 0 saturated carbocycles. The molecule has 0 fully saturated rings. The van der Waals surface area contributed by atoms with E-state index in [0.29, 0.717) is 12.2 Å². The molecule has 1 atom stereocenters.